The number of fused-ring (bicyclic) bond motifs is 2. The van der Waals surface area contributed by atoms with Crippen LogP contribution in [0, 0.1) is 71.0 Å². The first-order valence-corrected chi connectivity index (χ1v) is 19.5. The molecule has 3 unspecified atom stereocenters. The summed E-state index contributed by atoms with van der Waals surface area (Å²) in [7, 11) is 0. The lowest BCUT2D eigenvalue weighted by molar-refractivity contribution is -0.138. The minimum absolute atomic E-state index is 0.0845. The van der Waals surface area contributed by atoms with Gasteiger partial charge in [0.2, 0.25) is 0 Å². The van der Waals surface area contributed by atoms with Crippen molar-refractivity contribution in [2.75, 3.05) is 0 Å². The summed E-state index contributed by atoms with van der Waals surface area (Å²) in [6.45, 7) is 7.58. The Balaban J connectivity index is 0.000000280. The van der Waals surface area contributed by atoms with Crippen LogP contribution in [0.5, 0.6) is 0 Å². The minimum atomic E-state index is -0.738. The van der Waals surface area contributed by atoms with Gasteiger partial charge in [0.1, 0.15) is 0 Å². The van der Waals surface area contributed by atoms with Crippen LogP contribution in [0.2, 0.25) is 0 Å². The Bertz CT molecular complexity index is 1300. The number of aliphatic hydroxyl groups excluding tert-OH is 4. The Morgan fingerprint density at radius 1 is 0.692 bits per heavy atom. The minimum Gasteiger partial charge on any atom is -0.481 e. The third kappa shape index (κ3) is 13.7. The van der Waals surface area contributed by atoms with Gasteiger partial charge in [-0.3, -0.25) is 9.59 Å². The zero-order chi connectivity index (χ0) is 38.2. The first-order chi connectivity index (χ1) is 24.8. The third-order valence-corrected chi connectivity index (χ3v) is 11.7. The van der Waals surface area contributed by atoms with Crippen molar-refractivity contribution >= 4 is 11.9 Å². The Labute approximate surface area is 312 Å². The van der Waals surface area contributed by atoms with E-state index in [0.29, 0.717) is 49.4 Å². The summed E-state index contributed by atoms with van der Waals surface area (Å²) in [4.78, 5) is 21.2. The fourth-order valence-corrected chi connectivity index (χ4v) is 8.63. The molecule has 6 N–H and O–H groups in total. The van der Waals surface area contributed by atoms with Crippen LogP contribution in [0.1, 0.15) is 118 Å². The fraction of sp³-hybridized carbons (Fsp3) is 0.682. The van der Waals surface area contributed by atoms with Gasteiger partial charge >= 0.3 is 11.9 Å². The Kier molecular flexibility index (Phi) is 18.4. The van der Waals surface area contributed by atoms with Crippen LogP contribution in [0.25, 0.3) is 0 Å². The second kappa shape index (κ2) is 22.2. The zero-order valence-electron chi connectivity index (χ0n) is 31.8. The van der Waals surface area contributed by atoms with Gasteiger partial charge in [0.25, 0.3) is 0 Å². The standard InChI is InChI=1S/2C22H32O4/c2*1-3-4-7-15(2)20(23)11-10-18-19-13-16(8-5-6-9-22(25)26)12-17(19)14-21(18)24/h2*8,10-11,15,17-21,23-24H,5-7,9,12-14H2,1-2H3,(H,25,26)/b2*11-10+,16-8+/t15?,17-,18?,19-,20+,21+;15?,17-,18+,19-,20+,21+/m00/s1. The molecular formula is C44H64O8. The predicted molar refractivity (Wildman–Crippen MR) is 205 cm³/mol. The van der Waals surface area contributed by atoms with Crippen molar-refractivity contribution in [3.63, 3.8) is 0 Å². The molecule has 0 amide bonds. The maximum absolute atomic E-state index is 10.6. The molecule has 0 aromatic heterocycles. The van der Waals surface area contributed by atoms with Crippen LogP contribution in [0.15, 0.2) is 47.6 Å². The van der Waals surface area contributed by atoms with Gasteiger partial charge in [0.15, 0.2) is 0 Å². The maximum atomic E-state index is 10.6. The van der Waals surface area contributed by atoms with Gasteiger partial charge < -0.3 is 30.6 Å². The van der Waals surface area contributed by atoms with E-state index in [-0.39, 0.29) is 48.7 Å². The van der Waals surface area contributed by atoms with Crippen molar-refractivity contribution in [2.45, 2.75) is 142 Å². The van der Waals surface area contributed by atoms with Gasteiger partial charge in [-0.25, -0.2) is 0 Å². The van der Waals surface area contributed by atoms with E-state index < -0.39 is 24.1 Å². The zero-order valence-corrected chi connectivity index (χ0v) is 31.8. The molecule has 4 rings (SSSR count). The van der Waals surface area contributed by atoms with Gasteiger partial charge in [-0.15, -0.1) is 23.7 Å². The number of unbranched alkanes of at least 4 members (excludes halogenated alkanes) is 2. The number of aliphatic hydroxyl groups is 4. The lowest BCUT2D eigenvalue weighted by Crippen LogP contribution is -2.19. The van der Waals surface area contributed by atoms with Gasteiger partial charge in [-0.2, -0.15) is 0 Å². The summed E-state index contributed by atoms with van der Waals surface area (Å²) in [6, 6.07) is 0. The number of carboxylic acids is 2. The largest absolute Gasteiger partial charge is 0.481 e. The van der Waals surface area contributed by atoms with E-state index in [4.69, 9.17) is 10.2 Å². The fourth-order valence-electron chi connectivity index (χ4n) is 8.63. The van der Waals surface area contributed by atoms with E-state index in [2.05, 4.69) is 35.8 Å². The van der Waals surface area contributed by atoms with Crippen LogP contribution >= 0.6 is 0 Å². The quantitative estimate of drug-likeness (QED) is 0.0562. The molecule has 52 heavy (non-hydrogen) atoms. The van der Waals surface area contributed by atoms with Crippen molar-refractivity contribution in [1.82, 2.24) is 0 Å². The van der Waals surface area contributed by atoms with E-state index in [9.17, 15) is 30.0 Å². The number of allylic oxidation sites excluding steroid dienone is 4. The number of hydrogen-bond donors (Lipinski definition) is 6. The average molecular weight is 721 g/mol. The van der Waals surface area contributed by atoms with Crippen LogP contribution in [0.4, 0.5) is 0 Å². The van der Waals surface area contributed by atoms with Crippen LogP contribution in [-0.2, 0) is 9.59 Å². The molecule has 0 aliphatic heterocycles. The topological polar surface area (TPSA) is 156 Å². The Morgan fingerprint density at radius 2 is 1.08 bits per heavy atom. The van der Waals surface area contributed by atoms with Gasteiger partial charge in [0, 0.05) is 37.5 Å². The van der Waals surface area contributed by atoms with E-state index in [1.165, 1.54) is 11.1 Å². The predicted octanol–water partition coefficient (Wildman–Crippen LogP) is 7.08. The molecule has 4 saturated carbocycles. The van der Waals surface area contributed by atoms with Crippen molar-refractivity contribution < 1.29 is 40.2 Å². The number of carboxylic acid groups (broad SMARTS) is 2. The highest BCUT2D eigenvalue weighted by molar-refractivity contribution is 5.66. The molecule has 0 aromatic rings. The Morgan fingerprint density at radius 3 is 1.42 bits per heavy atom. The average Bonchev–Trinajstić information content (AvgIpc) is 3.83. The third-order valence-electron chi connectivity index (χ3n) is 11.7. The molecule has 0 spiro atoms. The second-order valence-corrected chi connectivity index (χ2v) is 15.7. The molecule has 288 valence electrons. The SMILES string of the molecule is CC#CCC(C)[C@H](O)/C=C/C1[C@H](O)C[C@@H]2C/C(=C\CCCC(=O)O)C[C@H]12.CC#CCC(C)[C@H](O)/C=C/[C@@H]1[C@H]2C/C(=C/CCCC(=O)O)C[C@H]2C[C@H]1O. The summed E-state index contributed by atoms with van der Waals surface area (Å²) in [5.74, 6) is 12.5. The summed E-state index contributed by atoms with van der Waals surface area (Å²) in [6.07, 6.45) is 20.8. The monoisotopic (exact) mass is 720 g/mol. The van der Waals surface area contributed by atoms with Crippen molar-refractivity contribution in [3.05, 3.63) is 47.6 Å². The summed E-state index contributed by atoms with van der Waals surface area (Å²) >= 11 is 0. The molecule has 4 aliphatic rings. The van der Waals surface area contributed by atoms with Gasteiger partial charge in [-0.05, 0) is 114 Å². The Hall–Kier alpha value is -3.14. The summed E-state index contributed by atoms with van der Waals surface area (Å²) in [5, 5.41) is 58.8. The molecule has 0 heterocycles. The second-order valence-electron chi connectivity index (χ2n) is 15.7. The van der Waals surface area contributed by atoms with Gasteiger partial charge in [-0.1, -0.05) is 61.4 Å². The van der Waals surface area contributed by atoms with E-state index in [1.807, 2.05) is 38.2 Å². The molecule has 0 bridgehead atoms. The highest BCUT2D eigenvalue weighted by Crippen LogP contribution is 2.51. The number of rotatable bonds is 16. The van der Waals surface area contributed by atoms with E-state index in [0.717, 1.165) is 51.4 Å². The van der Waals surface area contributed by atoms with E-state index >= 15 is 0 Å². The van der Waals surface area contributed by atoms with Crippen molar-refractivity contribution in [2.24, 2.45) is 47.3 Å². The maximum Gasteiger partial charge on any atom is 0.303 e. The summed E-state index contributed by atoms with van der Waals surface area (Å²) < 4.78 is 0. The highest BCUT2D eigenvalue weighted by Gasteiger charge is 2.46. The normalized spacial score (nSPS) is 31.6. The number of aliphatic carboxylic acids is 2. The smallest absolute Gasteiger partial charge is 0.303 e. The molecule has 8 heteroatoms. The van der Waals surface area contributed by atoms with Crippen molar-refractivity contribution in [1.29, 1.82) is 0 Å². The molecule has 4 fully saturated rings. The van der Waals surface area contributed by atoms with Crippen LogP contribution in [0.3, 0.4) is 0 Å². The number of carbonyl (C=O) groups is 2. The molecule has 12 atom stereocenters. The lowest BCUT2D eigenvalue weighted by atomic mass is 9.89. The molecule has 0 saturated heterocycles. The molecule has 0 radical (unpaired) electrons. The highest BCUT2D eigenvalue weighted by atomic mass is 16.4. The number of hydrogen-bond acceptors (Lipinski definition) is 6. The van der Waals surface area contributed by atoms with Gasteiger partial charge in [0.05, 0.1) is 24.4 Å². The van der Waals surface area contributed by atoms with E-state index in [1.54, 1.807) is 13.8 Å². The molecule has 8 nitrogen and oxygen atoms in total. The first kappa shape index (κ1) is 43.3. The van der Waals surface area contributed by atoms with Crippen LogP contribution < -0.4 is 0 Å². The summed E-state index contributed by atoms with van der Waals surface area (Å²) in [5.41, 5.74) is 2.81. The first-order valence-electron chi connectivity index (χ1n) is 19.5. The van der Waals surface area contributed by atoms with Crippen LogP contribution in [-0.4, -0.2) is 67.0 Å². The molecule has 0 aromatic carbocycles. The van der Waals surface area contributed by atoms with Crippen molar-refractivity contribution in [3.8, 4) is 23.7 Å². The molecular weight excluding hydrogens is 656 g/mol. The lowest BCUT2D eigenvalue weighted by Gasteiger charge is -2.19. The molecule has 4 aliphatic carbocycles.